The first-order chi connectivity index (χ1) is 7.58. The van der Waals surface area contributed by atoms with E-state index in [-0.39, 0.29) is 0 Å². The molecule has 0 saturated carbocycles. The molecule has 0 N–H and O–H groups in total. The van der Waals surface area contributed by atoms with Crippen LogP contribution in [0.25, 0.3) is 0 Å². The number of hydrogen-bond donors (Lipinski definition) is 0. The van der Waals surface area contributed by atoms with Crippen LogP contribution in [0.5, 0.6) is 0 Å². The molecule has 1 aromatic rings. The summed E-state index contributed by atoms with van der Waals surface area (Å²) in [5, 5.41) is 24.6. The highest BCUT2D eigenvalue weighted by atomic mass is 79.9. The molecule has 16 heavy (non-hydrogen) atoms. The monoisotopic (exact) mass is 340 g/mol. The van der Waals surface area contributed by atoms with Crippen LogP contribution in [-0.2, 0) is 0 Å². The summed E-state index contributed by atoms with van der Waals surface area (Å²) in [5.74, 6) is 0. The van der Waals surface area contributed by atoms with Crippen molar-refractivity contribution < 1.29 is 0 Å². The molecule has 6 heteroatoms. The summed E-state index contributed by atoms with van der Waals surface area (Å²) in [6.45, 7) is 1.87. The zero-order chi connectivity index (χ0) is 12.1. The fraction of sp³-hybridized carbons (Fsp3) is 0.200. The third kappa shape index (κ3) is 3.13. The van der Waals surface area contributed by atoms with Gasteiger partial charge in [-0.2, -0.15) is 20.8 Å². The van der Waals surface area contributed by atoms with E-state index in [1.807, 2.05) is 19.1 Å². The van der Waals surface area contributed by atoms with Gasteiger partial charge in [0.2, 0.25) is 6.04 Å². The SMILES string of the molecule is Cc1cc(Br)cc(Br)c1N=NC(C#N)C#N. The van der Waals surface area contributed by atoms with Gasteiger partial charge < -0.3 is 0 Å². The first-order valence-corrected chi connectivity index (χ1v) is 5.83. The molecule has 0 radical (unpaired) electrons. The lowest BCUT2D eigenvalue weighted by molar-refractivity contribution is 0.945. The number of benzene rings is 1. The normalized spacial score (nSPS) is 10.4. The Balaban J connectivity index is 3.08. The molecular weight excluding hydrogens is 336 g/mol. The molecule has 0 aliphatic rings. The Bertz CT molecular complexity index is 474. The molecule has 0 atom stereocenters. The fourth-order valence-corrected chi connectivity index (χ4v) is 2.54. The lowest BCUT2D eigenvalue weighted by Crippen LogP contribution is -1.92. The minimum atomic E-state index is -1.06. The van der Waals surface area contributed by atoms with Gasteiger partial charge in [-0.3, -0.25) is 0 Å². The standard InChI is InChI=1S/C10H6Br2N4/c1-6-2-7(11)3-9(12)10(6)16-15-8(4-13)5-14/h2-3,8H,1H3. The van der Waals surface area contributed by atoms with E-state index in [0.29, 0.717) is 5.69 Å². The van der Waals surface area contributed by atoms with Crippen molar-refractivity contribution in [1.82, 2.24) is 0 Å². The zero-order valence-electron chi connectivity index (χ0n) is 8.28. The largest absolute Gasteiger partial charge is 0.242 e. The number of aryl methyl sites for hydroxylation is 1. The van der Waals surface area contributed by atoms with Gasteiger partial charge in [0.1, 0.15) is 17.8 Å². The van der Waals surface area contributed by atoms with Crippen LogP contribution in [0.2, 0.25) is 0 Å². The van der Waals surface area contributed by atoms with Crippen molar-refractivity contribution in [2.45, 2.75) is 13.0 Å². The molecule has 4 nitrogen and oxygen atoms in total. The summed E-state index contributed by atoms with van der Waals surface area (Å²) >= 11 is 6.69. The second kappa shape index (κ2) is 5.74. The van der Waals surface area contributed by atoms with Crippen LogP contribution in [0.4, 0.5) is 5.69 Å². The van der Waals surface area contributed by atoms with Crippen molar-refractivity contribution in [3.05, 3.63) is 26.6 Å². The predicted molar refractivity (Wildman–Crippen MR) is 66.1 cm³/mol. The van der Waals surface area contributed by atoms with Crippen LogP contribution in [0.3, 0.4) is 0 Å². The molecule has 1 aromatic carbocycles. The number of azo groups is 1. The minimum absolute atomic E-state index is 0.624. The van der Waals surface area contributed by atoms with Crippen LogP contribution in [0.15, 0.2) is 31.3 Å². The molecule has 0 aliphatic heterocycles. The van der Waals surface area contributed by atoms with Gasteiger partial charge in [0.15, 0.2) is 0 Å². The Kier molecular flexibility index (Phi) is 4.60. The van der Waals surface area contributed by atoms with E-state index in [0.717, 1.165) is 14.5 Å². The number of rotatable bonds is 2. The van der Waals surface area contributed by atoms with E-state index in [2.05, 4.69) is 42.1 Å². The average Bonchev–Trinajstić information content (AvgIpc) is 2.22. The number of hydrogen-bond acceptors (Lipinski definition) is 4. The van der Waals surface area contributed by atoms with E-state index in [9.17, 15) is 0 Å². The highest BCUT2D eigenvalue weighted by Gasteiger charge is 2.06. The Labute approximate surface area is 110 Å². The summed E-state index contributed by atoms with van der Waals surface area (Å²) in [6, 6.07) is 6.10. The van der Waals surface area contributed by atoms with Gasteiger partial charge in [-0.1, -0.05) is 15.9 Å². The maximum Gasteiger partial charge on any atom is 0.242 e. The summed E-state index contributed by atoms with van der Waals surface area (Å²) in [7, 11) is 0. The van der Waals surface area contributed by atoms with Crippen molar-refractivity contribution >= 4 is 37.5 Å². The van der Waals surface area contributed by atoms with Gasteiger partial charge in [-0.25, -0.2) is 0 Å². The van der Waals surface area contributed by atoms with Crippen molar-refractivity contribution in [2.24, 2.45) is 10.2 Å². The molecule has 0 fully saturated rings. The van der Waals surface area contributed by atoms with Gasteiger partial charge in [0.25, 0.3) is 0 Å². The number of nitriles is 2. The number of halogens is 2. The second-order valence-corrected chi connectivity index (χ2v) is 4.70. The first-order valence-electron chi connectivity index (χ1n) is 4.24. The Morgan fingerprint density at radius 1 is 1.25 bits per heavy atom. The quantitative estimate of drug-likeness (QED) is 0.762. The van der Waals surface area contributed by atoms with Crippen LogP contribution in [0, 0.1) is 29.6 Å². The maximum atomic E-state index is 8.54. The minimum Gasteiger partial charge on any atom is -0.195 e. The average molecular weight is 342 g/mol. The van der Waals surface area contributed by atoms with E-state index in [1.54, 1.807) is 12.1 Å². The van der Waals surface area contributed by atoms with Gasteiger partial charge in [0, 0.05) is 8.95 Å². The summed E-state index contributed by atoms with van der Waals surface area (Å²) in [4.78, 5) is 0. The zero-order valence-corrected chi connectivity index (χ0v) is 11.4. The van der Waals surface area contributed by atoms with E-state index >= 15 is 0 Å². The Hall–Kier alpha value is -1.24. The van der Waals surface area contributed by atoms with Gasteiger partial charge in [-0.15, -0.1) is 0 Å². The van der Waals surface area contributed by atoms with Crippen LogP contribution >= 0.6 is 31.9 Å². The maximum absolute atomic E-state index is 8.54. The van der Waals surface area contributed by atoms with Gasteiger partial charge in [0.05, 0.1) is 0 Å². The molecule has 0 saturated heterocycles. The number of nitrogens with zero attached hydrogens (tertiary/aromatic N) is 4. The van der Waals surface area contributed by atoms with Crippen molar-refractivity contribution in [1.29, 1.82) is 10.5 Å². The third-order valence-electron chi connectivity index (χ3n) is 1.74. The molecular formula is C10H6Br2N4. The molecule has 0 amide bonds. The highest BCUT2D eigenvalue weighted by molar-refractivity contribution is 9.11. The Morgan fingerprint density at radius 2 is 1.88 bits per heavy atom. The summed E-state index contributed by atoms with van der Waals surface area (Å²) < 4.78 is 1.69. The molecule has 0 spiro atoms. The molecule has 0 bridgehead atoms. The molecule has 0 aliphatic carbocycles. The summed E-state index contributed by atoms with van der Waals surface area (Å²) in [5.41, 5.74) is 1.53. The first kappa shape index (κ1) is 12.8. The Morgan fingerprint density at radius 3 is 2.38 bits per heavy atom. The molecule has 1 rings (SSSR count). The second-order valence-electron chi connectivity index (χ2n) is 2.93. The molecule has 0 aromatic heterocycles. The molecule has 0 heterocycles. The van der Waals surface area contributed by atoms with Crippen molar-refractivity contribution in [2.75, 3.05) is 0 Å². The lowest BCUT2D eigenvalue weighted by atomic mass is 10.2. The van der Waals surface area contributed by atoms with Crippen molar-refractivity contribution in [3.63, 3.8) is 0 Å². The van der Waals surface area contributed by atoms with Gasteiger partial charge in [-0.05, 0) is 40.5 Å². The molecule has 80 valence electrons. The van der Waals surface area contributed by atoms with E-state index in [4.69, 9.17) is 10.5 Å². The highest BCUT2D eigenvalue weighted by Crippen LogP contribution is 2.32. The van der Waals surface area contributed by atoms with Gasteiger partial charge >= 0.3 is 0 Å². The van der Waals surface area contributed by atoms with Crippen LogP contribution < -0.4 is 0 Å². The fourth-order valence-electron chi connectivity index (χ4n) is 1.02. The molecule has 0 unspecified atom stereocenters. The summed E-state index contributed by atoms with van der Waals surface area (Å²) in [6.07, 6.45) is 0. The van der Waals surface area contributed by atoms with E-state index < -0.39 is 6.04 Å². The topological polar surface area (TPSA) is 72.3 Å². The van der Waals surface area contributed by atoms with E-state index in [1.165, 1.54) is 0 Å². The van der Waals surface area contributed by atoms with Crippen molar-refractivity contribution in [3.8, 4) is 12.1 Å². The predicted octanol–water partition coefficient (Wildman–Crippen LogP) is 4.02. The third-order valence-corrected chi connectivity index (χ3v) is 2.80. The smallest absolute Gasteiger partial charge is 0.195 e. The van der Waals surface area contributed by atoms with Crippen LogP contribution in [0.1, 0.15) is 5.56 Å². The van der Waals surface area contributed by atoms with Crippen LogP contribution in [-0.4, -0.2) is 6.04 Å². The lowest BCUT2D eigenvalue weighted by Gasteiger charge is -2.03.